The summed E-state index contributed by atoms with van der Waals surface area (Å²) in [4.78, 5) is 11.3. The van der Waals surface area contributed by atoms with E-state index >= 15 is 0 Å². The van der Waals surface area contributed by atoms with E-state index in [-0.39, 0.29) is 5.97 Å². The van der Waals surface area contributed by atoms with Gasteiger partial charge in [0.1, 0.15) is 0 Å². The lowest BCUT2D eigenvalue weighted by Crippen LogP contribution is -2.02. The lowest BCUT2D eigenvalue weighted by Gasteiger charge is -2.14. The smallest absolute Gasteiger partial charge is 0.333 e. The molecular weight excluding hydrogens is 200 g/mol. The maximum Gasteiger partial charge on any atom is 0.333 e. The number of allylic oxidation sites excluding steroid dienone is 1. The van der Waals surface area contributed by atoms with E-state index in [4.69, 9.17) is 4.74 Å². The topological polar surface area (TPSA) is 26.3 Å². The SMILES string of the molecule is CCC(CC)CCC1C=C(C(=O)OC)CC1. The molecule has 0 aromatic rings. The molecule has 92 valence electrons. The molecule has 1 aliphatic carbocycles. The third-order valence-corrected chi connectivity index (χ3v) is 3.77. The molecule has 0 bridgehead atoms. The first-order valence-corrected chi connectivity index (χ1v) is 6.50. The van der Waals surface area contributed by atoms with Gasteiger partial charge in [0.05, 0.1) is 7.11 Å². The van der Waals surface area contributed by atoms with Crippen LogP contribution in [0.15, 0.2) is 11.6 Å². The normalized spacial score (nSPS) is 20.0. The van der Waals surface area contributed by atoms with Crippen LogP contribution >= 0.6 is 0 Å². The van der Waals surface area contributed by atoms with E-state index < -0.39 is 0 Å². The highest BCUT2D eigenvalue weighted by Crippen LogP contribution is 2.30. The van der Waals surface area contributed by atoms with Gasteiger partial charge in [0.25, 0.3) is 0 Å². The minimum atomic E-state index is -0.134. The fourth-order valence-corrected chi connectivity index (χ4v) is 2.47. The number of carbonyl (C=O) groups is 1. The standard InChI is InChI=1S/C14H24O2/c1-4-11(5-2)6-7-12-8-9-13(10-12)14(15)16-3/h10-12H,4-9H2,1-3H3. The first kappa shape index (κ1) is 13.3. The monoisotopic (exact) mass is 224 g/mol. The van der Waals surface area contributed by atoms with Crippen LogP contribution in [0.2, 0.25) is 0 Å². The van der Waals surface area contributed by atoms with Gasteiger partial charge in [-0.15, -0.1) is 0 Å². The van der Waals surface area contributed by atoms with Crippen molar-refractivity contribution in [1.82, 2.24) is 0 Å². The fraction of sp³-hybridized carbons (Fsp3) is 0.786. The minimum Gasteiger partial charge on any atom is -0.466 e. The maximum atomic E-state index is 11.3. The molecule has 0 spiro atoms. The molecule has 2 nitrogen and oxygen atoms in total. The van der Waals surface area contributed by atoms with Gasteiger partial charge in [-0.1, -0.05) is 32.8 Å². The van der Waals surface area contributed by atoms with Crippen molar-refractivity contribution in [3.63, 3.8) is 0 Å². The van der Waals surface area contributed by atoms with E-state index in [2.05, 4.69) is 19.9 Å². The molecule has 1 rings (SSSR count). The van der Waals surface area contributed by atoms with E-state index in [1.54, 1.807) is 0 Å². The second-order valence-corrected chi connectivity index (χ2v) is 4.74. The summed E-state index contributed by atoms with van der Waals surface area (Å²) in [5.41, 5.74) is 0.886. The predicted molar refractivity (Wildman–Crippen MR) is 66.1 cm³/mol. The van der Waals surface area contributed by atoms with E-state index in [1.807, 2.05) is 0 Å². The van der Waals surface area contributed by atoms with E-state index in [1.165, 1.54) is 32.8 Å². The van der Waals surface area contributed by atoms with E-state index in [0.717, 1.165) is 24.3 Å². The van der Waals surface area contributed by atoms with Gasteiger partial charge in [0.15, 0.2) is 0 Å². The van der Waals surface area contributed by atoms with Gasteiger partial charge in [-0.05, 0) is 37.5 Å². The Bertz CT molecular complexity index is 251. The maximum absolute atomic E-state index is 11.3. The van der Waals surface area contributed by atoms with Crippen LogP contribution < -0.4 is 0 Å². The molecule has 0 N–H and O–H groups in total. The summed E-state index contributed by atoms with van der Waals surface area (Å²) < 4.78 is 4.74. The van der Waals surface area contributed by atoms with E-state index in [9.17, 15) is 4.79 Å². The van der Waals surface area contributed by atoms with Crippen molar-refractivity contribution in [2.45, 2.75) is 52.4 Å². The van der Waals surface area contributed by atoms with Crippen LogP contribution in [0.1, 0.15) is 52.4 Å². The largest absolute Gasteiger partial charge is 0.466 e. The molecule has 1 aliphatic rings. The molecular formula is C14H24O2. The second-order valence-electron chi connectivity index (χ2n) is 4.74. The number of ether oxygens (including phenoxy) is 1. The Morgan fingerprint density at radius 2 is 2.19 bits per heavy atom. The number of carbonyl (C=O) groups excluding carboxylic acids is 1. The Kier molecular flexibility index (Phi) is 5.58. The van der Waals surface area contributed by atoms with Crippen LogP contribution in [-0.4, -0.2) is 13.1 Å². The Morgan fingerprint density at radius 1 is 1.50 bits per heavy atom. The second kappa shape index (κ2) is 6.72. The van der Waals surface area contributed by atoms with Crippen molar-refractivity contribution in [3.05, 3.63) is 11.6 Å². The number of rotatable bonds is 6. The van der Waals surface area contributed by atoms with Crippen molar-refractivity contribution in [1.29, 1.82) is 0 Å². The zero-order chi connectivity index (χ0) is 12.0. The van der Waals surface area contributed by atoms with Crippen LogP contribution in [0.25, 0.3) is 0 Å². The van der Waals surface area contributed by atoms with Crippen molar-refractivity contribution in [3.8, 4) is 0 Å². The minimum absolute atomic E-state index is 0.134. The van der Waals surface area contributed by atoms with Crippen LogP contribution in [0.3, 0.4) is 0 Å². The molecule has 0 aliphatic heterocycles. The van der Waals surface area contributed by atoms with Crippen molar-refractivity contribution in [2.75, 3.05) is 7.11 Å². The summed E-state index contributed by atoms with van der Waals surface area (Å²) in [6.07, 6.45) is 9.24. The van der Waals surface area contributed by atoms with Gasteiger partial charge in [-0.3, -0.25) is 0 Å². The third-order valence-electron chi connectivity index (χ3n) is 3.77. The van der Waals surface area contributed by atoms with Crippen molar-refractivity contribution in [2.24, 2.45) is 11.8 Å². The fourth-order valence-electron chi connectivity index (χ4n) is 2.47. The number of hydrogen-bond acceptors (Lipinski definition) is 2. The summed E-state index contributed by atoms with van der Waals surface area (Å²) in [6, 6.07) is 0. The van der Waals surface area contributed by atoms with Gasteiger partial charge in [0.2, 0.25) is 0 Å². The quantitative estimate of drug-likeness (QED) is 0.643. The molecule has 0 fully saturated rings. The molecule has 2 heteroatoms. The number of methoxy groups -OCH3 is 1. The Morgan fingerprint density at radius 3 is 2.75 bits per heavy atom. The first-order chi connectivity index (χ1) is 7.71. The molecule has 0 saturated carbocycles. The van der Waals surface area contributed by atoms with Gasteiger partial charge in [-0.2, -0.15) is 0 Å². The first-order valence-electron chi connectivity index (χ1n) is 6.50. The molecule has 0 radical (unpaired) electrons. The average Bonchev–Trinajstić information content (AvgIpc) is 2.78. The molecule has 0 amide bonds. The number of esters is 1. The highest BCUT2D eigenvalue weighted by Gasteiger charge is 2.21. The van der Waals surface area contributed by atoms with Crippen molar-refractivity contribution < 1.29 is 9.53 Å². The molecule has 0 saturated heterocycles. The van der Waals surface area contributed by atoms with Crippen LogP contribution in [-0.2, 0) is 9.53 Å². The average molecular weight is 224 g/mol. The summed E-state index contributed by atoms with van der Waals surface area (Å²) in [6.45, 7) is 4.52. The van der Waals surface area contributed by atoms with Crippen LogP contribution in [0.5, 0.6) is 0 Å². The Balaban J connectivity index is 2.35. The lowest BCUT2D eigenvalue weighted by molar-refractivity contribution is -0.136. The predicted octanol–water partition coefficient (Wildman–Crippen LogP) is 3.71. The molecule has 16 heavy (non-hydrogen) atoms. The van der Waals surface area contributed by atoms with Crippen LogP contribution in [0.4, 0.5) is 0 Å². The summed E-state index contributed by atoms with van der Waals surface area (Å²) >= 11 is 0. The highest BCUT2D eigenvalue weighted by molar-refractivity contribution is 5.88. The van der Waals surface area contributed by atoms with Gasteiger partial charge >= 0.3 is 5.97 Å². The van der Waals surface area contributed by atoms with E-state index in [0.29, 0.717) is 5.92 Å². The Labute approximate surface area is 99.1 Å². The lowest BCUT2D eigenvalue weighted by atomic mass is 9.92. The third kappa shape index (κ3) is 3.66. The summed E-state index contributed by atoms with van der Waals surface area (Å²) in [5, 5.41) is 0. The zero-order valence-corrected chi connectivity index (χ0v) is 10.8. The van der Waals surface area contributed by atoms with Gasteiger partial charge in [-0.25, -0.2) is 4.79 Å². The molecule has 0 heterocycles. The van der Waals surface area contributed by atoms with Crippen LogP contribution in [0, 0.1) is 11.8 Å². The molecule has 0 aromatic carbocycles. The van der Waals surface area contributed by atoms with Gasteiger partial charge < -0.3 is 4.74 Å². The zero-order valence-electron chi connectivity index (χ0n) is 10.8. The highest BCUT2D eigenvalue weighted by atomic mass is 16.5. The number of hydrogen-bond donors (Lipinski definition) is 0. The molecule has 1 atom stereocenters. The molecule has 0 aromatic heterocycles. The van der Waals surface area contributed by atoms with Crippen molar-refractivity contribution >= 4 is 5.97 Å². The molecule has 1 unspecified atom stereocenters. The summed E-state index contributed by atoms with van der Waals surface area (Å²) in [5.74, 6) is 1.33. The van der Waals surface area contributed by atoms with Gasteiger partial charge in [0, 0.05) is 5.57 Å². The summed E-state index contributed by atoms with van der Waals surface area (Å²) in [7, 11) is 1.46. The Hall–Kier alpha value is -0.790.